The SMILES string of the molecule is O=C(CCNC(=O)c1ccc(Br)cc1)NCCCCn1ccnc1. The van der Waals surface area contributed by atoms with Crippen molar-refractivity contribution >= 4 is 27.7 Å². The molecule has 6 nitrogen and oxygen atoms in total. The molecule has 2 rings (SSSR count). The molecule has 0 radical (unpaired) electrons. The highest BCUT2D eigenvalue weighted by molar-refractivity contribution is 9.10. The molecule has 0 aliphatic heterocycles. The number of carbonyl (C=O) groups excluding carboxylic acids is 2. The number of carbonyl (C=O) groups is 2. The molecule has 1 heterocycles. The minimum atomic E-state index is -0.171. The van der Waals surface area contributed by atoms with Gasteiger partial charge in [0, 0.05) is 48.5 Å². The minimum absolute atomic E-state index is 0.0475. The summed E-state index contributed by atoms with van der Waals surface area (Å²) in [6.07, 6.45) is 7.64. The lowest BCUT2D eigenvalue weighted by molar-refractivity contribution is -0.120. The van der Waals surface area contributed by atoms with E-state index in [1.807, 2.05) is 22.9 Å². The van der Waals surface area contributed by atoms with Crippen LogP contribution >= 0.6 is 15.9 Å². The van der Waals surface area contributed by atoms with Gasteiger partial charge in [0.15, 0.2) is 0 Å². The summed E-state index contributed by atoms with van der Waals surface area (Å²) >= 11 is 3.32. The van der Waals surface area contributed by atoms with Crippen LogP contribution in [0.1, 0.15) is 29.6 Å². The quantitative estimate of drug-likeness (QED) is 0.643. The first kappa shape index (κ1) is 18.2. The van der Waals surface area contributed by atoms with E-state index in [1.54, 1.807) is 24.7 Å². The number of hydrogen-bond donors (Lipinski definition) is 2. The summed E-state index contributed by atoms with van der Waals surface area (Å²) in [6.45, 7) is 1.88. The topological polar surface area (TPSA) is 76.0 Å². The van der Waals surface area contributed by atoms with Crippen LogP contribution in [-0.2, 0) is 11.3 Å². The second kappa shape index (κ2) is 9.87. The van der Waals surface area contributed by atoms with Crippen molar-refractivity contribution in [2.24, 2.45) is 0 Å². The number of amides is 2. The molecule has 128 valence electrons. The van der Waals surface area contributed by atoms with E-state index in [0.29, 0.717) is 18.7 Å². The normalized spacial score (nSPS) is 10.4. The molecule has 0 unspecified atom stereocenters. The van der Waals surface area contributed by atoms with Crippen LogP contribution in [0, 0.1) is 0 Å². The summed E-state index contributed by atoms with van der Waals surface area (Å²) in [5.74, 6) is -0.218. The van der Waals surface area contributed by atoms with E-state index in [9.17, 15) is 9.59 Å². The second-order valence-electron chi connectivity index (χ2n) is 5.37. The highest BCUT2D eigenvalue weighted by Gasteiger charge is 2.06. The first-order valence-electron chi connectivity index (χ1n) is 7.91. The van der Waals surface area contributed by atoms with E-state index in [1.165, 1.54) is 0 Å². The number of unbranched alkanes of at least 4 members (excludes halogenated alkanes) is 1. The molecule has 0 bridgehead atoms. The van der Waals surface area contributed by atoms with E-state index in [2.05, 4.69) is 31.5 Å². The molecule has 0 aliphatic carbocycles. The standard InChI is InChI=1S/C17H21BrN4O2/c18-15-5-3-14(4-6-15)17(24)21-9-7-16(23)20-8-1-2-11-22-12-10-19-13-22/h3-6,10,12-13H,1-2,7-9,11H2,(H,20,23)(H,21,24). The molecule has 0 saturated carbocycles. The average Bonchev–Trinajstić information content (AvgIpc) is 3.08. The molecular weight excluding hydrogens is 372 g/mol. The van der Waals surface area contributed by atoms with Crippen LogP contribution in [0.5, 0.6) is 0 Å². The first-order valence-corrected chi connectivity index (χ1v) is 8.70. The van der Waals surface area contributed by atoms with Gasteiger partial charge in [0.25, 0.3) is 5.91 Å². The maximum atomic E-state index is 11.9. The Hall–Kier alpha value is -2.15. The number of rotatable bonds is 9. The van der Waals surface area contributed by atoms with Gasteiger partial charge in [-0.2, -0.15) is 0 Å². The number of aromatic nitrogens is 2. The van der Waals surface area contributed by atoms with Gasteiger partial charge in [0.1, 0.15) is 0 Å². The lowest BCUT2D eigenvalue weighted by atomic mass is 10.2. The molecule has 7 heteroatoms. The highest BCUT2D eigenvalue weighted by Crippen LogP contribution is 2.10. The average molecular weight is 393 g/mol. The number of nitrogens with one attached hydrogen (secondary N) is 2. The van der Waals surface area contributed by atoms with Gasteiger partial charge >= 0.3 is 0 Å². The van der Waals surface area contributed by atoms with Crippen LogP contribution in [-0.4, -0.2) is 34.5 Å². The number of aryl methyl sites for hydroxylation is 1. The lowest BCUT2D eigenvalue weighted by Gasteiger charge is -2.07. The Morgan fingerprint density at radius 3 is 2.58 bits per heavy atom. The summed E-state index contributed by atoms with van der Waals surface area (Å²) in [7, 11) is 0. The zero-order valence-corrected chi connectivity index (χ0v) is 15.0. The number of halogens is 1. The number of imidazole rings is 1. The van der Waals surface area contributed by atoms with Gasteiger partial charge < -0.3 is 15.2 Å². The molecule has 0 fully saturated rings. The van der Waals surface area contributed by atoms with Crippen LogP contribution in [0.4, 0.5) is 0 Å². The molecule has 2 amide bonds. The molecule has 1 aromatic heterocycles. The Kier molecular flexibility index (Phi) is 7.48. The predicted octanol–water partition coefficient (Wildman–Crippen LogP) is 2.36. The Morgan fingerprint density at radius 1 is 1.08 bits per heavy atom. The maximum Gasteiger partial charge on any atom is 0.251 e. The van der Waals surface area contributed by atoms with E-state index >= 15 is 0 Å². The molecule has 0 aliphatic rings. The second-order valence-corrected chi connectivity index (χ2v) is 6.29. The molecule has 24 heavy (non-hydrogen) atoms. The van der Waals surface area contributed by atoms with Crippen LogP contribution in [0.25, 0.3) is 0 Å². The zero-order chi connectivity index (χ0) is 17.2. The van der Waals surface area contributed by atoms with Gasteiger partial charge in [0.05, 0.1) is 6.33 Å². The van der Waals surface area contributed by atoms with E-state index in [0.717, 1.165) is 23.9 Å². The first-order chi connectivity index (χ1) is 11.6. The van der Waals surface area contributed by atoms with Crippen molar-refractivity contribution in [3.05, 3.63) is 53.0 Å². The van der Waals surface area contributed by atoms with E-state index in [4.69, 9.17) is 0 Å². The third kappa shape index (κ3) is 6.54. The van der Waals surface area contributed by atoms with Crippen LogP contribution in [0.3, 0.4) is 0 Å². The fraction of sp³-hybridized carbons (Fsp3) is 0.353. The molecule has 2 aromatic rings. The van der Waals surface area contributed by atoms with E-state index < -0.39 is 0 Å². The molecule has 2 N–H and O–H groups in total. The Bertz CT molecular complexity index is 641. The maximum absolute atomic E-state index is 11.9. The monoisotopic (exact) mass is 392 g/mol. The fourth-order valence-electron chi connectivity index (χ4n) is 2.15. The molecule has 0 spiro atoms. The third-order valence-electron chi connectivity index (χ3n) is 3.47. The van der Waals surface area contributed by atoms with Crippen LogP contribution in [0.15, 0.2) is 47.5 Å². The van der Waals surface area contributed by atoms with Crippen molar-refractivity contribution in [3.8, 4) is 0 Å². The van der Waals surface area contributed by atoms with Crippen LogP contribution < -0.4 is 10.6 Å². The zero-order valence-electron chi connectivity index (χ0n) is 13.4. The van der Waals surface area contributed by atoms with Crippen molar-refractivity contribution in [2.45, 2.75) is 25.8 Å². The van der Waals surface area contributed by atoms with Gasteiger partial charge in [-0.1, -0.05) is 15.9 Å². The largest absolute Gasteiger partial charge is 0.356 e. The lowest BCUT2D eigenvalue weighted by Crippen LogP contribution is -2.31. The van der Waals surface area contributed by atoms with Crippen LogP contribution in [0.2, 0.25) is 0 Å². The number of hydrogen-bond acceptors (Lipinski definition) is 3. The fourth-order valence-corrected chi connectivity index (χ4v) is 2.41. The van der Waals surface area contributed by atoms with Crippen molar-refractivity contribution in [1.82, 2.24) is 20.2 Å². The highest BCUT2D eigenvalue weighted by atomic mass is 79.9. The van der Waals surface area contributed by atoms with Crippen molar-refractivity contribution in [1.29, 1.82) is 0 Å². The predicted molar refractivity (Wildman–Crippen MR) is 95.6 cm³/mol. The van der Waals surface area contributed by atoms with Crippen molar-refractivity contribution in [2.75, 3.05) is 13.1 Å². The van der Waals surface area contributed by atoms with Gasteiger partial charge in [-0.25, -0.2) is 4.98 Å². The molecule has 1 aromatic carbocycles. The summed E-state index contributed by atoms with van der Waals surface area (Å²) < 4.78 is 2.94. The van der Waals surface area contributed by atoms with Crippen molar-refractivity contribution < 1.29 is 9.59 Å². The Labute approximate surface area is 149 Å². The summed E-state index contributed by atoms with van der Waals surface area (Å²) in [5.41, 5.74) is 0.582. The summed E-state index contributed by atoms with van der Waals surface area (Å²) in [6, 6.07) is 7.09. The van der Waals surface area contributed by atoms with Gasteiger partial charge in [-0.3, -0.25) is 9.59 Å². The van der Waals surface area contributed by atoms with E-state index in [-0.39, 0.29) is 18.2 Å². The minimum Gasteiger partial charge on any atom is -0.356 e. The smallest absolute Gasteiger partial charge is 0.251 e. The molecule has 0 saturated heterocycles. The third-order valence-corrected chi connectivity index (χ3v) is 4.00. The van der Waals surface area contributed by atoms with Gasteiger partial charge in [-0.05, 0) is 37.1 Å². The van der Waals surface area contributed by atoms with Gasteiger partial charge in [0.2, 0.25) is 5.91 Å². The van der Waals surface area contributed by atoms with Crippen molar-refractivity contribution in [3.63, 3.8) is 0 Å². The molecule has 0 atom stereocenters. The van der Waals surface area contributed by atoms with Gasteiger partial charge in [-0.15, -0.1) is 0 Å². The summed E-state index contributed by atoms with van der Waals surface area (Å²) in [4.78, 5) is 27.6. The Morgan fingerprint density at radius 2 is 1.88 bits per heavy atom. The Balaban J connectivity index is 1.53. The number of benzene rings is 1. The molecular formula is C17H21BrN4O2. The summed E-state index contributed by atoms with van der Waals surface area (Å²) in [5, 5.41) is 5.61. The number of nitrogens with zero attached hydrogens (tertiary/aromatic N) is 2.